The number of aryl methyl sites for hydroxylation is 1. The van der Waals surface area contributed by atoms with E-state index in [1.165, 1.54) is 61.8 Å². The van der Waals surface area contributed by atoms with E-state index in [1.54, 1.807) is 18.3 Å². The standard InChI is InChI=1S/C29H36FNO2/c1-3-9-21(4-2)10-5-6-12-23-15-14-22-11-7-8-13-25(22)29(23)32-27-17-16-24(30)20-26(27)28-18-19-31-33-28/h7-8,11,13,16-21,23,29H,3-6,9-10,12,14-15H2,1-2H3. The zero-order chi connectivity index (χ0) is 23.0. The molecule has 4 heteroatoms. The van der Waals surface area contributed by atoms with Gasteiger partial charge in [0.25, 0.3) is 0 Å². The van der Waals surface area contributed by atoms with Gasteiger partial charge in [-0.3, -0.25) is 0 Å². The van der Waals surface area contributed by atoms with Crippen molar-refractivity contribution in [1.82, 2.24) is 5.16 Å². The number of ether oxygens (including phenoxy) is 1. The minimum absolute atomic E-state index is 0.0419. The van der Waals surface area contributed by atoms with E-state index >= 15 is 0 Å². The van der Waals surface area contributed by atoms with Crippen LogP contribution in [0.1, 0.15) is 82.4 Å². The Kier molecular flexibility index (Phi) is 8.20. The summed E-state index contributed by atoms with van der Waals surface area (Å²) in [6.07, 6.45) is 12.6. The van der Waals surface area contributed by atoms with Crippen molar-refractivity contribution in [3.8, 4) is 17.1 Å². The third-order valence-electron chi connectivity index (χ3n) is 7.18. The number of benzene rings is 2. The van der Waals surface area contributed by atoms with Crippen LogP contribution in [0.5, 0.6) is 5.75 Å². The topological polar surface area (TPSA) is 35.3 Å². The highest BCUT2D eigenvalue weighted by Gasteiger charge is 2.31. The third kappa shape index (κ3) is 5.85. The molecule has 1 aliphatic rings. The van der Waals surface area contributed by atoms with Crippen LogP contribution in [0.3, 0.4) is 0 Å². The van der Waals surface area contributed by atoms with Gasteiger partial charge >= 0.3 is 0 Å². The molecule has 3 unspecified atom stereocenters. The molecule has 0 bridgehead atoms. The average molecular weight is 450 g/mol. The fourth-order valence-corrected chi connectivity index (χ4v) is 5.33. The number of rotatable bonds is 11. The van der Waals surface area contributed by atoms with E-state index in [9.17, 15) is 4.39 Å². The molecule has 3 atom stereocenters. The highest BCUT2D eigenvalue weighted by atomic mass is 19.1. The van der Waals surface area contributed by atoms with Crippen LogP contribution in [0.4, 0.5) is 4.39 Å². The first-order valence-corrected chi connectivity index (χ1v) is 12.6. The van der Waals surface area contributed by atoms with Crippen molar-refractivity contribution in [3.05, 3.63) is 71.7 Å². The van der Waals surface area contributed by atoms with Gasteiger partial charge in [-0.15, -0.1) is 0 Å². The Balaban J connectivity index is 1.52. The maximum absolute atomic E-state index is 14.1. The second-order valence-electron chi connectivity index (χ2n) is 9.40. The van der Waals surface area contributed by atoms with Crippen LogP contribution < -0.4 is 4.74 Å². The lowest BCUT2D eigenvalue weighted by atomic mass is 9.78. The fourth-order valence-electron chi connectivity index (χ4n) is 5.33. The van der Waals surface area contributed by atoms with E-state index in [0.717, 1.165) is 25.2 Å². The van der Waals surface area contributed by atoms with Gasteiger partial charge in [0.1, 0.15) is 17.7 Å². The molecular formula is C29H36FNO2. The van der Waals surface area contributed by atoms with Gasteiger partial charge in [0, 0.05) is 12.0 Å². The lowest BCUT2D eigenvalue weighted by molar-refractivity contribution is 0.111. The van der Waals surface area contributed by atoms with Gasteiger partial charge in [-0.25, -0.2) is 4.39 Å². The van der Waals surface area contributed by atoms with Gasteiger partial charge in [-0.05, 0) is 54.5 Å². The summed E-state index contributed by atoms with van der Waals surface area (Å²) in [5, 5.41) is 3.80. The number of fused-ring (bicyclic) bond motifs is 1. The molecule has 33 heavy (non-hydrogen) atoms. The molecule has 0 spiro atoms. The Labute approximate surface area is 197 Å². The Hall–Kier alpha value is -2.62. The zero-order valence-electron chi connectivity index (χ0n) is 19.9. The van der Waals surface area contributed by atoms with Gasteiger partial charge in [0.2, 0.25) is 0 Å². The molecule has 0 saturated carbocycles. The van der Waals surface area contributed by atoms with E-state index in [-0.39, 0.29) is 11.9 Å². The zero-order valence-corrected chi connectivity index (χ0v) is 19.9. The number of unbranched alkanes of at least 4 members (excludes halogenated alkanes) is 1. The molecular weight excluding hydrogens is 413 g/mol. The summed E-state index contributed by atoms with van der Waals surface area (Å²) in [5.74, 6) is 2.16. The molecule has 3 aromatic rings. The second kappa shape index (κ2) is 11.5. The number of nitrogens with zero attached hydrogens (tertiary/aromatic N) is 1. The van der Waals surface area contributed by atoms with Crippen molar-refractivity contribution in [1.29, 1.82) is 0 Å². The van der Waals surface area contributed by atoms with E-state index in [0.29, 0.717) is 23.0 Å². The lowest BCUT2D eigenvalue weighted by Gasteiger charge is -2.34. The van der Waals surface area contributed by atoms with Crippen molar-refractivity contribution in [3.63, 3.8) is 0 Å². The fraction of sp³-hybridized carbons (Fsp3) is 0.483. The Morgan fingerprint density at radius 2 is 1.97 bits per heavy atom. The van der Waals surface area contributed by atoms with Crippen molar-refractivity contribution in [2.24, 2.45) is 11.8 Å². The Morgan fingerprint density at radius 3 is 2.76 bits per heavy atom. The van der Waals surface area contributed by atoms with Crippen molar-refractivity contribution in [2.45, 2.75) is 77.7 Å². The van der Waals surface area contributed by atoms with Crippen molar-refractivity contribution in [2.75, 3.05) is 0 Å². The predicted octanol–water partition coefficient (Wildman–Crippen LogP) is 8.55. The van der Waals surface area contributed by atoms with Crippen LogP contribution in [-0.2, 0) is 6.42 Å². The molecule has 0 aliphatic heterocycles. The molecule has 3 nitrogen and oxygen atoms in total. The van der Waals surface area contributed by atoms with E-state index < -0.39 is 0 Å². The molecule has 176 valence electrons. The minimum Gasteiger partial charge on any atom is -0.485 e. The largest absolute Gasteiger partial charge is 0.485 e. The smallest absolute Gasteiger partial charge is 0.170 e. The first-order valence-electron chi connectivity index (χ1n) is 12.6. The Morgan fingerprint density at radius 1 is 1.09 bits per heavy atom. The van der Waals surface area contributed by atoms with E-state index in [1.807, 2.05) is 0 Å². The van der Waals surface area contributed by atoms with Crippen LogP contribution in [-0.4, -0.2) is 5.16 Å². The van der Waals surface area contributed by atoms with Crippen LogP contribution in [0.2, 0.25) is 0 Å². The lowest BCUT2D eigenvalue weighted by Crippen LogP contribution is -2.25. The van der Waals surface area contributed by atoms with Gasteiger partial charge in [-0.1, -0.05) is 81.8 Å². The Bertz CT molecular complexity index is 1000. The SMILES string of the molecule is CCCC(CC)CCCCC1CCc2ccccc2C1Oc1ccc(F)cc1-c1ccno1. The molecule has 0 radical (unpaired) electrons. The molecule has 0 amide bonds. The van der Waals surface area contributed by atoms with Gasteiger partial charge in [0.05, 0.1) is 11.8 Å². The van der Waals surface area contributed by atoms with E-state index in [2.05, 4.69) is 43.3 Å². The quantitative estimate of drug-likeness (QED) is 0.275. The summed E-state index contributed by atoms with van der Waals surface area (Å²) < 4.78 is 26.1. The number of hydrogen-bond acceptors (Lipinski definition) is 3. The summed E-state index contributed by atoms with van der Waals surface area (Å²) in [6.45, 7) is 4.60. The van der Waals surface area contributed by atoms with Crippen LogP contribution >= 0.6 is 0 Å². The van der Waals surface area contributed by atoms with Gasteiger partial charge < -0.3 is 9.26 Å². The first kappa shape index (κ1) is 23.5. The summed E-state index contributed by atoms with van der Waals surface area (Å²) >= 11 is 0. The average Bonchev–Trinajstić information content (AvgIpc) is 3.38. The highest BCUT2D eigenvalue weighted by molar-refractivity contribution is 5.65. The van der Waals surface area contributed by atoms with Gasteiger partial charge in [0.15, 0.2) is 5.76 Å². The van der Waals surface area contributed by atoms with Crippen LogP contribution in [0.25, 0.3) is 11.3 Å². The van der Waals surface area contributed by atoms with E-state index in [4.69, 9.17) is 9.26 Å². The number of hydrogen-bond donors (Lipinski definition) is 0. The van der Waals surface area contributed by atoms with Crippen molar-refractivity contribution < 1.29 is 13.7 Å². The third-order valence-corrected chi connectivity index (χ3v) is 7.18. The number of aromatic nitrogens is 1. The monoisotopic (exact) mass is 449 g/mol. The molecule has 2 aromatic carbocycles. The first-order chi connectivity index (χ1) is 16.2. The normalized spacial score (nSPS) is 18.6. The van der Waals surface area contributed by atoms with Crippen LogP contribution in [0.15, 0.2) is 59.3 Å². The predicted molar refractivity (Wildman–Crippen MR) is 131 cm³/mol. The van der Waals surface area contributed by atoms with Crippen molar-refractivity contribution >= 4 is 0 Å². The summed E-state index contributed by atoms with van der Waals surface area (Å²) in [4.78, 5) is 0. The summed E-state index contributed by atoms with van der Waals surface area (Å²) in [7, 11) is 0. The van der Waals surface area contributed by atoms with Crippen LogP contribution in [0, 0.1) is 17.7 Å². The molecule has 1 aliphatic carbocycles. The second-order valence-corrected chi connectivity index (χ2v) is 9.40. The molecule has 0 saturated heterocycles. The molecule has 0 fully saturated rings. The summed E-state index contributed by atoms with van der Waals surface area (Å²) in [5.41, 5.74) is 3.23. The molecule has 4 rings (SSSR count). The maximum Gasteiger partial charge on any atom is 0.170 e. The minimum atomic E-state index is -0.313. The molecule has 1 aromatic heterocycles. The molecule has 0 N–H and O–H groups in total. The number of halogens is 1. The molecule has 1 heterocycles. The summed E-state index contributed by atoms with van der Waals surface area (Å²) in [6, 6.07) is 15.0. The van der Waals surface area contributed by atoms with Gasteiger partial charge in [-0.2, -0.15) is 0 Å². The highest BCUT2D eigenvalue weighted by Crippen LogP contribution is 2.42. The maximum atomic E-state index is 14.1.